The molecular weight excluding hydrogens is 564 g/mol. The largest absolute Gasteiger partial charge is 0.487 e. The number of aryl methyl sites for hydroxylation is 2. The van der Waals surface area contributed by atoms with Gasteiger partial charge in [0.15, 0.2) is 13.2 Å². The van der Waals surface area contributed by atoms with Crippen LogP contribution in [0.25, 0.3) is 22.3 Å². The van der Waals surface area contributed by atoms with Gasteiger partial charge in [-0.1, -0.05) is 41.5 Å². The van der Waals surface area contributed by atoms with Gasteiger partial charge in [0.2, 0.25) is 0 Å². The summed E-state index contributed by atoms with van der Waals surface area (Å²) in [6, 6.07) is 9.39. The van der Waals surface area contributed by atoms with E-state index in [2.05, 4.69) is 9.72 Å². The van der Waals surface area contributed by atoms with Crippen LogP contribution < -0.4 is 4.74 Å². The number of carbonyl (C=O) groups excluding carboxylic acids is 1. The third-order valence-electron chi connectivity index (χ3n) is 7.05. The number of nitrogens with zero attached hydrogens (tertiary/aromatic N) is 1. The monoisotopic (exact) mass is 601 g/mol. The molecule has 1 aromatic carbocycles. The van der Waals surface area contributed by atoms with E-state index in [9.17, 15) is 31.1 Å². The minimum atomic E-state index is -5.87. The van der Waals surface area contributed by atoms with Crippen molar-refractivity contribution in [3.8, 4) is 17.1 Å². The highest BCUT2D eigenvalue weighted by Crippen LogP contribution is 2.46. The van der Waals surface area contributed by atoms with Crippen molar-refractivity contribution in [2.45, 2.75) is 78.6 Å². The molecule has 0 saturated heterocycles. The summed E-state index contributed by atoms with van der Waals surface area (Å²) in [5.41, 5.74) is 2.68. The first-order chi connectivity index (χ1) is 19.5. The number of halogens is 6. The van der Waals surface area contributed by atoms with Gasteiger partial charge in [0.1, 0.15) is 17.1 Å². The van der Waals surface area contributed by atoms with Crippen molar-refractivity contribution in [1.82, 2.24) is 4.98 Å². The number of alkyl halides is 6. The first-order valence-corrected chi connectivity index (χ1v) is 14.0. The molecule has 11 heteroatoms. The molecule has 0 spiro atoms. The lowest BCUT2D eigenvalue weighted by Crippen LogP contribution is -2.58. The number of aromatic nitrogens is 1. The van der Waals surface area contributed by atoms with Gasteiger partial charge < -0.3 is 13.9 Å². The fourth-order valence-electron chi connectivity index (χ4n) is 4.51. The van der Waals surface area contributed by atoms with E-state index in [-0.39, 0.29) is 29.6 Å². The van der Waals surface area contributed by atoms with Gasteiger partial charge in [0, 0.05) is 22.7 Å². The van der Waals surface area contributed by atoms with Gasteiger partial charge in [-0.3, -0.25) is 9.78 Å². The zero-order valence-electron chi connectivity index (χ0n) is 24.6. The number of esters is 1. The van der Waals surface area contributed by atoms with Gasteiger partial charge in [-0.05, 0) is 61.4 Å². The zero-order valence-corrected chi connectivity index (χ0v) is 24.6. The van der Waals surface area contributed by atoms with Crippen molar-refractivity contribution in [3.05, 3.63) is 47.8 Å². The van der Waals surface area contributed by atoms with E-state index in [1.54, 1.807) is 33.8 Å². The topological polar surface area (TPSA) is 61.6 Å². The molecule has 3 aromatic rings. The van der Waals surface area contributed by atoms with E-state index in [1.807, 2.05) is 26.0 Å². The average molecular weight is 602 g/mol. The molecule has 0 aliphatic rings. The third-order valence-corrected chi connectivity index (χ3v) is 7.05. The van der Waals surface area contributed by atoms with Crippen LogP contribution in [0, 0.1) is 17.8 Å². The molecule has 0 bridgehead atoms. The fourth-order valence-corrected chi connectivity index (χ4v) is 4.51. The second-order valence-electron chi connectivity index (χ2n) is 11.2. The van der Waals surface area contributed by atoms with Crippen LogP contribution in [0.15, 0.2) is 40.8 Å². The molecule has 42 heavy (non-hydrogen) atoms. The Morgan fingerprint density at radius 3 is 2.17 bits per heavy atom. The molecule has 0 saturated carbocycles. The summed E-state index contributed by atoms with van der Waals surface area (Å²) in [5, 5.41) is 0.585. The molecule has 0 fully saturated rings. The Kier molecular flexibility index (Phi) is 10.3. The quantitative estimate of drug-likeness (QED) is 0.137. The predicted octanol–water partition coefficient (Wildman–Crippen LogP) is 8.77. The second-order valence-corrected chi connectivity index (χ2v) is 11.2. The maximum Gasteiger partial charge on any atom is 0.378 e. The van der Waals surface area contributed by atoms with Crippen molar-refractivity contribution in [2.75, 3.05) is 13.2 Å². The standard InChI is InChI=1S/C31H37F6NO4/c1-7-21-10-12-23(25(8-2)38-21)27-14-20-9-11-22(15-26(20)42-27)40-16-29(32,33)31(36,37)30(34,35)17-41-28(39)24(19(5)6)13-18(3)4/h9-12,14-15,18-19,24H,7-8,13,16-17H2,1-6H3. The van der Waals surface area contributed by atoms with Gasteiger partial charge in [-0.2, -0.15) is 26.3 Å². The number of rotatable bonds is 14. The van der Waals surface area contributed by atoms with Crippen LogP contribution in [0.2, 0.25) is 0 Å². The summed E-state index contributed by atoms with van der Waals surface area (Å²) >= 11 is 0. The first-order valence-electron chi connectivity index (χ1n) is 14.0. The van der Waals surface area contributed by atoms with Crippen LogP contribution >= 0.6 is 0 Å². The Bertz CT molecular complexity index is 1370. The Balaban J connectivity index is 1.72. The Labute approximate surface area is 241 Å². The molecule has 1 atom stereocenters. The summed E-state index contributed by atoms with van der Waals surface area (Å²) in [4.78, 5) is 16.9. The van der Waals surface area contributed by atoms with E-state index in [4.69, 9.17) is 9.15 Å². The molecule has 0 aliphatic heterocycles. The molecule has 0 N–H and O–H groups in total. The van der Waals surface area contributed by atoms with Crippen LogP contribution in [0.4, 0.5) is 26.3 Å². The summed E-state index contributed by atoms with van der Waals surface area (Å²) in [6.07, 6.45) is 1.66. The third kappa shape index (κ3) is 7.21. The lowest BCUT2D eigenvalue weighted by molar-refractivity contribution is -0.322. The van der Waals surface area contributed by atoms with Crippen molar-refractivity contribution in [3.63, 3.8) is 0 Å². The van der Waals surface area contributed by atoms with Crippen LogP contribution in [0.1, 0.15) is 59.4 Å². The number of furan rings is 1. The molecule has 232 valence electrons. The van der Waals surface area contributed by atoms with E-state index in [0.29, 0.717) is 17.6 Å². The zero-order chi connectivity index (χ0) is 31.5. The molecular formula is C31H37F6NO4. The highest BCUT2D eigenvalue weighted by atomic mass is 19.3. The highest BCUT2D eigenvalue weighted by molar-refractivity contribution is 5.84. The van der Waals surface area contributed by atoms with Crippen LogP contribution in [-0.2, 0) is 22.4 Å². The smallest absolute Gasteiger partial charge is 0.378 e. The van der Waals surface area contributed by atoms with E-state index in [1.165, 1.54) is 18.2 Å². The van der Waals surface area contributed by atoms with Gasteiger partial charge in [-0.25, -0.2) is 0 Å². The van der Waals surface area contributed by atoms with E-state index >= 15 is 0 Å². The highest BCUT2D eigenvalue weighted by Gasteiger charge is 2.72. The van der Waals surface area contributed by atoms with Gasteiger partial charge >= 0.3 is 23.7 Å². The number of hydrogen-bond acceptors (Lipinski definition) is 5. The molecule has 0 aliphatic carbocycles. The predicted molar refractivity (Wildman–Crippen MR) is 147 cm³/mol. The average Bonchev–Trinajstić information content (AvgIpc) is 3.36. The van der Waals surface area contributed by atoms with Crippen LogP contribution in [0.3, 0.4) is 0 Å². The number of pyridine rings is 1. The minimum Gasteiger partial charge on any atom is -0.487 e. The normalized spacial score (nSPS) is 13.7. The van der Waals surface area contributed by atoms with Gasteiger partial charge in [0.05, 0.1) is 11.6 Å². The number of benzene rings is 1. The van der Waals surface area contributed by atoms with Crippen LogP contribution in [-0.4, -0.2) is 41.9 Å². The molecule has 5 nitrogen and oxygen atoms in total. The van der Waals surface area contributed by atoms with Crippen LogP contribution in [0.5, 0.6) is 5.75 Å². The number of ether oxygens (including phenoxy) is 2. The maximum absolute atomic E-state index is 14.5. The second kappa shape index (κ2) is 13.0. The van der Waals surface area contributed by atoms with Crippen molar-refractivity contribution >= 4 is 16.9 Å². The molecule has 1 unspecified atom stereocenters. The minimum absolute atomic E-state index is 0.00136. The maximum atomic E-state index is 14.5. The summed E-state index contributed by atoms with van der Waals surface area (Å²) in [5.74, 6) is -18.6. The number of fused-ring (bicyclic) bond motifs is 1. The molecule has 0 radical (unpaired) electrons. The number of hydrogen-bond donors (Lipinski definition) is 0. The molecule has 2 aromatic heterocycles. The Morgan fingerprint density at radius 2 is 1.57 bits per heavy atom. The van der Waals surface area contributed by atoms with E-state index in [0.717, 1.165) is 23.4 Å². The summed E-state index contributed by atoms with van der Waals surface area (Å²) in [6.45, 7) is 6.57. The van der Waals surface area contributed by atoms with E-state index < -0.39 is 42.9 Å². The molecule has 2 heterocycles. The van der Waals surface area contributed by atoms with Gasteiger partial charge in [-0.15, -0.1) is 0 Å². The van der Waals surface area contributed by atoms with Crippen molar-refractivity contribution < 1.29 is 45.0 Å². The molecule has 0 amide bonds. The number of carbonyl (C=O) groups is 1. The van der Waals surface area contributed by atoms with Crippen molar-refractivity contribution in [1.29, 1.82) is 0 Å². The molecule has 3 rings (SSSR count). The first kappa shape index (κ1) is 33.3. The van der Waals surface area contributed by atoms with Crippen molar-refractivity contribution in [2.24, 2.45) is 17.8 Å². The van der Waals surface area contributed by atoms with Gasteiger partial charge in [0.25, 0.3) is 0 Å². The summed E-state index contributed by atoms with van der Waals surface area (Å²) in [7, 11) is 0. The SMILES string of the molecule is CCc1ccc(-c2cc3ccc(OCC(F)(F)C(F)(F)C(F)(F)COC(=O)C(CC(C)C)C(C)C)cc3o2)c(CC)n1. The summed E-state index contributed by atoms with van der Waals surface area (Å²) < 4.78 is 102. The lowest BCUT2D eigenvalue weighted by Gasteiger charge is -2.32. The Hall–Kier alpha value is -3.24. The Morgan fingerprint density at radius 1 is 0.905 bits per heavy atom. The lowest BCUT2D eigenvalue weighted by atomic mass is 9.88. The fraction of sp³-hybridized carbons (Fsp3) is 0.548.